The molecule has 2 aromatic carbocycles. The van der Waals surface area contributed by atoms with E-state index in [1.807, 2.05) is 13.8 Å². The fourth-order valence-corrected chi connectivity index (χ4v) is 3.90. The van der Waals surface area contributed by atoms with Gasteiger partial charge in [0.2, 0.25) is 11.9 Å². The summed E-state index contributed by atoms with van der Waals surface area (Å²) in [7, 11) is -4.72. The number of benzene rings is 2. The number of rotatable bonds is 9. The van der Waals surface area contributed by atoms with Crippen molar-refractivity contribution in [1.82, 2.24) is 0 Å². The van der Waals surface area contributed by atoms with Crippen LogP contribution in [0, 0.1) is 0 Å². The largest absolute Gasteiger partial charge is 0.494 e. The zero-order valence-corrected chi connectivity index (χ0v) is 21.0. The Kier molecular flexibility index (Phi) is 8.98. The van der Waals surface area contributed by atoms with E-state index in [0.29, 0.717) is 48.3 Å². The number of nitrogens with zero attached hydrogens (tertiary/aromatic N) is 3. The molecule has 1 heterocycles. The van der Waals surface area contributed by atoms with Crippen LogP contribution in [0.15, 0.2) is 57.3 Å². The fourth-order valence-electron chi connectivity index (χ4n) is 3.27. The van der Waals surface area contributed by atoms with Crippen molar-refractivity contribution in [2.45, 2.75) is 37.2 Å². The van der Waals surface area contributed by atoms with Gasteiger partial charge in [-0.25, -0.2) is 4.99 Å². The SMILES string of the molecule is CC1(C)N=C(N)N=C(N)N1c1ccc(Cl)c(OCCCCOc2ccc(S(=O)(=O)F)cc2)c1.Cl. The Morgan fingerprint density at radius 2 is 1.68 bits per heavy atom. The van der Waals surface area contributed by atoms with Crippen LogP contribution in [-0.2, 0) is 10.2 Å². The summed E-state index contributed by atoms with van der Waals surface area (Å²) in [6.07, 6.45) is 1.35. The lowest BCUT2D eigenvalue weighted by atomic mass is 10.1. The van der Waals surface area contributed by atoms with Crippen LogP contribution in [0.1, 0.15) is 26.7 Å². The zero-order valence-electron chi connectivity index (χ0n) is 18.6. The maximum Gasteiger partial charge on any atom is 0.332 e. The minimum atomic E-state index is -4.72. The first kappa shape index (κ1) is 27.5. The third-order valence-electron chi connectivity index (χ3n) is 4.74. The number of hydrogen-bond acceptors (Lipinski definition) is 9. The monoisotopic (exact) mass is 533 g/mol. The van der Waals surface area contributed by atoms with Gasteiger partial charge in [0.25, 0.3) is 0 Å². The van der Waals surface area contributed by atoms with Crippen molar-refractivity contribution in [2.24, 2.45) is 21.5 Å². The highest BCUT2D eigenvalue weighted by Gasteiger charge is 2.33. The lowest BCUT2D eigenvalue weighted by Crippen LogP contribution is -2.54. The Hall–Kier alpha value is -2.76. The number of unbranched alkanes of at least 4 members (excludes halogenated alkanes) is 1. The highest BCUT2D eigenvalue weighted by Crippen LogP contribution is 2.34. The number of anilines is 1. The fraction of sp³-hybridized carbons (Fsp3) is 0.333. The Morgan fingerprint density at radius 1 is 1.06 bits per heavy atom. The van der Waals surface area contributed by atoms with Crippen molar-refractivity contribution < 1.29 is 21.8 Å². The van der Waals surface area contributed by atoms with Gasteiger partial charge < -0.3 is 20.9 Å². The molecule has 186 valence electrons. The molecule has 1 aliphatic heterocycles. The van der Waals surface area contributed by atoms with Crippen LogP contribution in [0.5, 0.6) is 11.5 Å². The van der Waals surface area contributed by atoms with Crippen LogP contribution in [0.4, 0.5) is 9.57 Å². The molecule has 0 bridgehead atoms. The third-order valence-corrected chi connectivity index (χ3v) is 5.88. The second-order valence-corrected chi connectivity index (χ2v) is 9.45. The minimum Gasteiger partial charge on any atom is -0.494 e. The number of halogens is 3. The van der Waals surface area contributed by atoms with Crippen molar-refractivity contribution in [3.8, 4) is 11.5 Å². The number of guanidine groups is 2. The van der Waals surface area contributed by atoms with E-state index in [0.717, 1.165) is 12.1 Å². The van der Waals surface area contributed by atoms with Crippen LogP contribution in [0.2, 0.25) is 5.02 Å². The van der Waals surface area contributed by atoms with Crippen molar-refractivity contribution >= 4 is 51.8 Å². The molecule has 0 fully saturated rings. The zero-order chi connectivity index (χ0) is 24.2. The summed E-state index contributed by atoms with van der Waals surface area (Å²) >= 11 is 6.28. The van der Waals surface area contributed by atoms with Gasteiger partial charge in [-0.3, -0.25) is 4.90 Å². The molecule has 2 aromatic rings. The van der Waals surface area contributed by atoms with Crippen LogP contribution in [0.25, 0.3) is 0 Å². The van der Waals surface area contributed by atoms with E-state index in [1.165, 1.54) is 12.1 Å². The summed E-state index contributed by atoms with van der Waals surface area (Å²) in [5.74, 6) is 1.27. The Bertz CT molecular complexity index is 1170. The molecule has 1 aliphatic rings. The van der Waals surface area contributed by atoms with Gasteiger partial charge in [0.15, 0.2) is 0 Å². The van der Waals surface area contributed by atoms with Gasteiger partial charge in [-0.2, -0.15) is 13.4 Å². The molecule has 0 spiro atoms. The molecule has 0 saturated heterocycles. The quantitative estimate of drug-likeness (QED) is 0.369. The van der Waals surface area contributed by atoms with Gasteiger partial charge in [0, 0.05) is 6.07 Å². The molecule has 0 unspecified atom stereocenters. The summed E-state index contributed by atoms with van der Waals surface area (Å²) in [6.45, 7) is 4.50. The van der Waals surface area contributed by atoms with E-state index in [9.17, 15) is 12.3 Å². The molecule has 0 aromatic heterocycles. The summed E-state index contributed by atoms with van der Waals surface area (Å²) in [6, 6.07) is 10.4. The van der Waals surface area contributed by atoms with E-state index in [1.54, 1.807) is 23.1 Å². The van der Waals surface area contributed by atoms with Gasteiger partial charge in [-0.15, -0.1) is 16.3 Å². The van der Waals surface area contributed by atoms with Crippen LogP contribution >= 0.6 is 24.0 Å². The van der Waals surface area contributed by atoms with Gasteiger partial charge in [-0.1, -0.05) is 11.6 Å². The van der Waals surface area contributed by atoms with E-state index in [-0.39, 0.29) is 24.3 Å². The van der Waals surface area contributed by atoms with E-state index in [4.69, 9.17) is 32.5 Å². The maximum atomic E-state index is 12.9. The van der Waals surface area contributed by atoms with Crippen molar-refractivity contribution in [1.29, 1.82) is 0 Å². The summed E-state index contributed by atoms with van der Waals surface area (Å²) in [4.78, 5) is 9.70. The van der Waals surface area contributed by atoms with E-state index >= 15 is 0 Å². The van der Waals surface area contributed by atoms with Crippen molar-refractivity contribution in [3.05, 3.63) is 47.5 Å². The minimum absolute atomic E-state index is 0. The number of hydrogen-bond donors (Lipinski definition) is 2. The molecule has 0 amide bonds. The highest BCUT2D eigenvalue weighted by molar-refractivity contribution is 7.86. The molecule has 0 saturated carbocycles. The van der Waals surface area contributed by atoms with E-state index in [2.05, 4.69) is 9.98 Å². The first-order valence-electron chi connectivity index (χ1n) is 10.1. The van der Waals surface area contributed by atoms with Gasteiger partial charge >= 0.3 is 10.2 Å². The Balaban J connectivity index is 0.00000408. The highest BCUT2D eigenvalue weighted by atomic mass is 35.5. The molecule has 4 N–H and O–H groups in total. The number of nitrogens with two attached hydrogens (primary N) is 2. The lowest BCUT2D eigenvalue weighted by molar-refractivity contribution is 0.266. The van der Waals surface area contributed by atoms with Gasteiger partial charge in [-0.05, 0) is 63.1 Å². The molecule has 0 aliphatic carbocycles. The standard InChI is InChI=1S/C21H25ClFN5O4S.ClH/c1-21(2)27-19(24)26-20(25)28(21)14-5-10-17(22)18(13-14)32-12-4-3-11-31-15-6-8-16(9-7-15)33(23,29)30;/h5-10,13H,3-4,11-12H2,1-2H3,(H4,24,25,26,27);1H. The average Bonchev–Trinajstić information content (AvgIpc) is 2.70. The molecule has 13 heteroatoms. The maximum absolute atomic E-state index is 12.9. The number of aliphatic imine (C=N–C) groups is 2. The predicted molar refractivity (Wildman–Crippen MR) is 133 cm³/mol. The molecular weight excluding hydrogens is 508 g/mol. The second kappa shape index (κ2) is 11.1. The number of ether oxygens (including phenoxy) is 2. The van der Waals surface area contributed by atoms with Crippen molar-refractivity contribution in [2.75, 3.05) is 18.1 Å². The third kappa shape index (κ3) is 6.87. The molecule has 0 atom stereocenters. The summed E-state index contributed by atoms with van der Waals surface area (Å²) < 4.78 is 45.9. The van der Waals surface area contributed by atoms with Crippen LogP contribution in [0.3, 0.4) is 0 Å². The van der Waals surface area contributed by atoms with Gasteiger partial charge in [0.05, 0.1) is 28.8 Å². The topological polar surface area (TPSA) is 133 Å². The summed E-state index contributed by atoms with van der Waals surface area (Å²) in [5.41, 5.74) is 11.8. The molecule has 34 heavy (non-hydrogen) atoms. The summed E-state index contributed by atoms with van der Waals surface area (Å²) in [5, 5.41) is 0.450. The van der Waals surface area contributed by atoms with Crippen LogP contribution < -0.4 is 25.8 Å². The van der Waals surface area contributed by atoms with E-state index < -0.39 is 20.8 Å². The van der Waals surface area contributed by atoms with Crippen molar-refractivity contribution in [3.63, 3.8) is 0 Å². The Labute approximate surface area is 209 Å². The smallest absolute Gasteiger partial charge is 0.332 e. The molecular formula is C21H26Cl2FN5O4S. The lowest BCUT2D eigenvalue weighted by Gasteiger charge is -2.38. The Morgan fingerprint density at radius 3 is 2.26 bits per heavy atom. The molecule has 3 rings (SSSR count). The predicted octanol–water partition coefficient (Wildman–Crippen LogP) is 3.84. The molecule has 9 nitrogen and oxygen atoms in total. The second-order valence-electron chi connectivity index (χ2n) is 7.70. The average molecular weight is 534 g/mol. The molecule has 0 radical (unpaired) electrons. The first-order chi connectivity index (χ1) is 15.5. The van der Waals surface area contributed by atoms with Gasteiger partial charge in [0.1, 0.15) is 17.2 Å². The van der Waals surface area contributed by atoms with Crippen LogP contribution in [-0.4, -0.2) is 39.2 Å². The normalized spacial score (nSPS) is 15.1. The first-order valence-corrected chi connectivity index (χ1v) is 11.8.